The molecule has 0 saturated carbocycles. The van der Waals surface area contributed by atoms with E-state index in [0.717, 1.165) is 0 Å². The Bertz CT molecular complexity index is 549. The van der Waals surface area contributed by atoms with E-state index in [-0.39, 0.29) is 23.5 Å². The SMILES string of the molecule is CCC(=O)c1cc(Cl)cc(CBr)c1OC(=O)OC(C)(C)C. The minimum atomic E-state index is -0.850. The van der Waals surface area contributed by atoms with Crippen molar-refractivity contribution in [3.63, 3.8) is 0 Å². The van der Waals surface area contributed by atoms with Crippen molar-refractivity contribution in [2.45, 2.75) is 45.0 Å². The highest BCUT2D eigenvalue weighted by atomic mass is 79.9. The summed E-state index contributed by atoms with van der Waals surface area (Å²) in [5, 5.41) is 0.813. The second-order valence-electron chi connectivity index (χ2n) is 5.42. The topological polar surface area (TPSA) is 52.6 Å². The normalized spacial score (nSPS) is 11.1. The summed E-state index contributed by atoms with van der Waals surface area (Å²) in [6.07, 6.45) is -0.565. The van der Waals surface area contributed by atoms with Crippen molar-refractivity contribution in [3.8, 4) is 5.75 Å². The van der Waals surface area contributed by atoms with Gasteiger partial charge < -0.3 is 9.47 Å². The van der Waals surface area contributed by atoms with Crippen LogP contribution in [0.25, 0.3) is 0 Å². The van der Waals surface area contributed by atoms with Gasteiger partial charge in [-0.05, 0) is 32.9 Å². The second-order valence-corrected chi connectivity index (χ2v) is 6.42. The maximum Gasteiger partial charge on any atom is 0.514 e. The molecule has 0 N–H and O–H groups in total. The van der Waals surface area contributed by atoms with Crippen LogP contribution in [0.1, 0.15) is 50.0 Å². The number of halogens is 2. The Kier molecular flexibility index (Phi) is 6.23. The maximum absolute atomic E-state index is 12.0. The Morgan fingerprint density at radius 1 is 1.29 bits per heavy atom. The van der Waals surface area contributed by atoms with Gasteiger partial charge in [0.05, 0.1) is 5.56 Å². The van der Waals surface area contributed by atoms with E-state index in [2.05, 4.69) is 15.9 Å². The van der Waals surface area contributed by atoms with Crippen LogP contribution in [0.5, 0.6) is 5.75 Å². The third kappa shape index (κ3) is 5.32. The van der Waals surface area contributed by atoms with Crippen LogP contribution in [0.3, 0.4) is 0 Å². The van der Waals surface area contributed by atoms with Gasteiger partial charge in [0.2, 0.25) is 0 Å². The van der Waals surface area contributed by atoms with Gasteiger partial charge >= 0.3 is 6.16 Å². The van der Waals surface area contributed by atoms with Crippen molar-refractivity contribution in [2.24, 2.45) is 0 Å². The first-order valence-corrected chi connectivity index (χ1v) is 8.00. The van der Waals surface area contributed by atoms with E-state index in [1.54, 1.807) is 33.8 Å². The van der Waals surface area contributed by atoms with Gasteiger partial charge in [-0.15, -0.1) is 0 Å². The molecule has 0 radical (unpaired) electrons. The van der Waals surface area contributed by atoms with Crippen LogP contribution in [0.2, 0.25) is 5.02 Å². The Morgan fingerprint density at radius 2 is 1.90 bits per heavy atom. The highest BCUT2D eigenvalue weighted by Gasteiger charge is 2.23. The summed E-state index contributed by atoms with van der Waals surface area (Å²) in [5.41, 5.74) is 0.225. The van der Waals surface area contributed by atoms with Crippen molar-refractivity contribution >= 4 is 39.5 Å². The molecular weight excluding hydrogens is 360 g/mol. The number of rotatable bonds is 4. The fourth-order valence-corrected chi connectivity index (χ4v) is 2.28. The molecule has 0 unspecified atom stereocenters. The highest BCUT2D eigenvalue weighted by Crippen LogP contribution is 2.31. The number of carbonyl (C=O) groups excluding carboxylic acids is 2. The molecule has 0 bridgehead atoms. The fraction of sp³-hybridized carbons (Fsp3) is 0.467. The van der Waals surface area contributed by atoms with E-state index in [1.807, 2.05) is 0 Å². The molecule has 0 aliphatic heterocycles. The van der Waals surface area contributed by atoms with Gasteiger partial charge in [0.1, 0.15) is 11.4 Å². The first-order valence-electron chi connectivity index (χ1n) is 6.50. The summed E-state index contributed by atoms with van der Waals surface area (Å²) in [6, 6.07) is 3.14. The monoisotopic (exact) mass is 376 g/mol. The number of benzene rings is 1. The lowest BCUT2D eigenvalue weighted by molar-refractivity contribution is 0.0203. The predicted octanol–water partition coefficient (Wildman–Crippen LogP) is 5.14. The van der Waals surface area contributed by atoms with Crippen molar-refractivity contribution in [1.29, 1.82) is 0 Å². The number of alkyl halides is 1. The molecule has 0 atom stereocenters. The molecule has 0 amide bonds. The molecule has 0 aromatic heterocycles. The van der Waals surface area contributed by atoms with E-state index < -0.39 is 11.8 Å². The molecule has 0 fully saturated rings. The Labute approximate surface area is 137 Å². The second kappa shape index (κ2) is 7.27. The zero-order valence-electron chi connectivity index (χ0n) is 12.5. The third-order valence-electron chi connectivity index (χ3n) is 2.47. The molecule has 0 aliphatic rings. The van der Waals surface area contributed by atoms with E-state index in [4.69, 9.17) is 21.1 Å². The van der Waals surface area contributed by atoms with Crippen LogP contribution >= 0.6 is 27.5 Å². The smallest absolute Gasteiger partial charge is 0.428 e. The van der Waals surface area contributed by atoms with Gasteiger partial charge in [0.15, 0.2) is 5.78 Å². The van der Waals surface area contributed by atoms with Gasteiger partial charge in [-0.1, -0.05) is 34.5 Å². The van der Waals surface area contributed by atoms with E-state index in [1.165, 1.54) is 6.07 Å². The minimum absolute atomic E-state index is 0.154. The van der Waals surface area contributed by atoms with E-state index >= 15 is 0 Å². The molecule has 21 heavy (non-hydrogen) atoms. The zero-order valence-corrected chi connectivity index (χ0v) is 14.8. The van der Waals surface area contributed by atoms with Gasteiger partial charge in [0.25, 0.3) is 0 Å². The molecule has 1 aromatic rings. The summed E-state index contributed by atoms with van der Waals surface area (Å²) in [4.78, 5) is 23.9. The first kappa shape index (κ1) is 18.0. The first-order chi connectivity index (χ1) is 9.67. The molecule has 0 saturated heterocycles. The van der Waals surface area contributed by atoms with Gasteiger partial charge in [-0.25, -0.2) is 4.79 Å². The number of carbonyl (C=O) groups is 2. The van der Waals surface area contributed by atoms with Crippen LogP contribution < -0.4 is 4.74 Å². The molecule has 4 nitrogen and oxygen atoms in total. The minimum Gasteiger partial charge on any atom is -0.428 e. The molecule has 0 spiro atoms. The van der Waals surface area contributed by atoms with Crippen molar-refractivity contribution in [1.82, 2.24) is 0 Å². The van der Waals surface area contributed by atoms with Gasteiger partial charge in [0, 0.05) is 22.3 Å². The molecule has 116 valence electrons. The highest BCUT2D eigenvalue weighted by molar-refractivity contribution is 9.08. The summed E-state index contributed by atoms with van der Waals surface area (Å²) in [5.74, 6) is 0.0376. The number of ketones is 1. The zero-order chi connectivity index (χ0) is 16.2. The number of Topliss-reactive ketones (excluding diaryl/α,β-unsaturated/α-hetero) is 1. The van der Waals surface area contributed by atoms with Gasteiger partial charge in [-0.2, -0.15) is 0 Å². The van der Waals surface area contributed by atoms with Gasteiger partial charge in [-0.3, -0.25) is 4.79 Å². The van der Waals surface area contributed by atoms with Crippen molar-refractivity contribution in [2.75, 3.05) is 0 Å². The van der Waals surface area contributed by atoms with E-state index in [0.29, 0.717) is 15.9 Å². The molecule has 0 aliphatic carbocycles. The molecule has 6 heteroatoms. The Balaban J connectivity index is 3.20. The molecular formula is C15H18BrClO4. The van der Waals surface area contributed by atoms with Crippen LogP contribution in [0, 0.1) is 0 Å². The summed E-state index contributed by atoms with van der Waals surface area (Å²) < 4.78 is 10.4. The molecule has 1 aromatic carbocycles. The molecule has 1 rings (SSSR count). The largest absolute Gasteiger partial charge is 0.514 e. The average molecular weight is 378 g/mol. The lowest BCUT2D eigenvalue weighted by atomic mass is 10.0. The lowest BCUT2D eigenvalue weighted by Gasteiger charge is -2.20. The quantitative estimate of drug-likeness (QED) is 0.315. The lowest BCUT2D eigenvalue weighted by Crippen LogP contribution is -2.26. The standard InChI is InChI=1S/C15H18BrClO4/c1-5-12(18)11-7-10(17)6-9(8-16)13(11)20-14(19)21-15(2,3)4/h6-7H,5,8H2,1-4H3. The molecule has 0 heterocycles. The van der Waals surface area contributed by atoms with Crippen LogP contribution in [0.15, 0.2) is 12.1 Å². The van der Waals surface area contributed by atoms with E-state index in [9.17, 15) is 9.59 Å². The van der Waals surface area contributed by atoms with Crippen LogP contribution in [-0.2, 0) is 10.1 Å². The van der Waals surface area contributed by atoms with Crippen LogP contribution in [-0.4, -0.2) is 17.5 Å². The third-order valence-corrected chi connectivity index (χ3v) is 3.29. The average Bonchev–Trinajstić information content (AvgIpc) is 2.37. The Hall–Kier alpha value is -1.07. The number of hydrogen-bond donors (Lipinski definition) is 0. The Morgan fingerprint density at radius 3 is 2.38 bits per heavy atom. The maximum atomic E-state index is 12.0. The van der Waals surface area contributed by atoms with Crippen molar-refractivity contribution < 1.29 is 19.1 Å². The fourth-order valence-electron chi connectivity index (χ4n) is 1.62. The predicted molar refractivity (Wildman–Crippen MR) is 85.6 cm³/mol. The number of ether oxygens (including phenoxy) is 2. The summed E-state index contributed by atoms with van der Waals surface area (Å²) in [6.45, 7) is 6.94. The van der Waals surface area contributed by atoms with Crippen LogP contribution in [0.4, 0.5) is 4.79 Å². The summed E-state index contributed by atoms with van der Waals surface area (Å²) in [7, 11) is 0. The summed E-state index contributed by atoms with van der Waals surface area (Å²) >= 11 is 9.30. The van der Waals surface area contributed by atoms with Crippen molar-refractivity contribution in [3.05, 3.63) is 28.3 Å². The number of hydrogen-bond acceptors (Lipinski definition) is 4.